The Bertz CT molecular complexity index is 435. The van der Waals surface area contributed by atoms with Crippen LogP contribution in [0.5, 0.6) is 0 Å². The molecule has 0 fully saturated rings. The van der Waals surface area contributed by atoms with Crippen LogP contribution in [0.2, 0.25) is 0 Å². The van der Waals surface area contributed by atoms with E-state index in [0.717, 1.165) is 18.4 Å². The van der Waals surface area contributed by atoms with Crippen LogP contribution in [0.4, 0.5) is 0 Å². The summed E-state index contributed by atoms with van der Waals surface area (Å²) in [6.45, 7) is 6.71. The molecule has 0 N–H and O–H groups in total. The Labute approximate surface area is 91.7 Å². The van der Waals surface area contributed by atoms with Crippen LogP contribution >= 0.6 is 0 Å². The van der Waals surface area contributed by atoms with Gasteiger partial charge in [-0.3, -0.25) is 0 Å². The van der Waals surface area contributed by atoms with E-state index >= 15 is 0 Å². The Kier molecular flexibility index (Phi) is 2.31. The summed E-state index contributed by atoms with van der Waals surface area (Å²) in [5.74, 6) is 0. The van der Waals surface area contributed by atoms with Crippen molar-refractivity contribution < 1.29 is 0 Å². The molecule has 0 amide bonds. The first kappa shape index (κ1) is 10.2. The summed E-state index contributed by atoms with van der Waals surface area (Å²) in [7, 11) is 0. The van der Waals surface area contributed by atoms with Crippen molar-refractivity contribution in [3.8, 4) is 6.07 Å². The quantitative estimate of drug-likeness (QED) is 0.628. The van der Waals surface area contributed by atoms with Crippen LogP contribution in [-0.2, 0) is 12.8 Å². The lowest BCUT2D eigenvalue weighted by atomic mass is 9.73. The maximum atomic E-state index is 9.00. The molecule has 0 spiro atoms. The molecule has 0 heterocycles. The SMILES string of the molecule is Cc1c(C#N)ccc2c1CC(C)(C)CC2. The molecule has 1 aromatic carbocycles. The van der Waals surface area contributed by atoms with Gasteiger partial charge in [0.05, 0.1) is 11.6 Å². The van der Waals surface area contributed by atoms with Crippen molar-refractivity contribution in [3.05, 3.63) is 34.4 Å². The summed E-state index contributed by atoms with van der Waals surface area (Å²) >= 11 is 0. The molecule has 0 radical (unpaired) electrons. The van der Waals surface area contributed by atoms with E-state index in [0.29, 0.717) is 5.41 Å². The Morgan fingerprint density at radius 3 is 2.73 bits per heavy atom. The second-order valence-corrected chi connectivity index (χ2v) is 5.33. The van der Waals surface area contributed by atoms with Gasteiger partial charge in [0, 0.05) is 0 Å². The predicted molar refractivity (Wildman–Crippen MR) is 61.7 cm³/mol. The first-order valence-corrected chi connectivity index (χ1v) is 5.55. The predicted octanol–water partition coefficient (Wildman–Crippen LogP) is 3.38. The number of nitrogens with zero attached hydrogens (tertiary/aromatic N) is 1. The third-order valence-electron chi connectivity index (χ3n) is 3.54. The molecule has 15 heavy (non-hydrogen) atoms. The third kappa shape index (κ3) is 1.77. The van der Waals surface area contributed by atoms with Crippen molar-refractivity contribution in [1.29, 1.82) is 5.26 Å². The zero-order valence-electron chi connectivity index (χ0n) is 9.72. The molecule has 0 aromatic heterocycles. The van der Waals surface area contributed by atoms with Crippen LogP contribution in [0, 0.1) is 23.7 Å². The first-order chi connectivity index (χ1) is 7.03. The molecule has 0 aliphatic heterocycles. The lowest BCUT2D eigenvalue weighted by molar-refractivity contribution is 0.314. The average molecular weight is 199 g/mol. The highest BCUT2D eigenvalue weighted by Crippen LogP contribution is 2.36. The van der Waals surface area contributed by atoms with Crippen LogP contribution < -0.4 is 0 Å². The van der Waals surface area contributed by atoms with Gasteiger partial charge in [-0.05, 0) is 54.4 Å². The van der Waals surface area contributed by atoms with Crippen molar-refractivity contribution in [2.45, 2.75) is 40.0 Å². The number of aryl methyl sites for hydroxylation is 1. The Morgan fingerprint density at radius 1 is 1.33 bits per heavy atom. The van der Waals surface area contributed by atoms with Crippen molar-refractivity contribution in [2.75, 3.05) is 0 Å². The molecule has 1 heteroatoms. The molecule has 0 bridgehead atoms. The Balaban J connectivity index is 2.53. The van der Waals surface area contributed by atoms with Gasteiger partial charge < -0.3 is 0 Å². The van der Waals surface area contributed by atoms with E-state index in [2.05, 4.69) is 32.9 Å². The monoisotopic (exact) mass is 199 g/mol. The number of nitriles is 1. The van der Waals surface area contributed by atoms with Crippen LogP contribution in [0.1, 0.15) is 42.5 Å². The van der Waals surface area contributed by atoms with Crippen LogP contribution in [0.25, 0.3) is 0 Å². The van der Waals surface area contributed by atoms with Gasteiger partial charge in [-0.2, -0.15) is 5.26 Å². The van der Waals surface area contributed by atoms with Gasteiger partial charge >= 0.3 is 0 Å². The number of hydrogen-bond donors (Lipinski definition) is 0. The van der Waals surface area contributed by atoms with Gasteiger partial charge in [0.1, 0.15) is 0 Å². The van der Waals surface area contributed by atoms with E-state index in [1.165, 1.54) is 23.1 Å². The van der Waals surface area contributed by atoms with E-state index in [-0.39, 0.29) is 0 Å². The van der Waals surface area contributed by atoms with Gasteiger partial charge in [0.15, 0.2) is 0 Å². The molecular formula is C14H17N. The average Bonchev–Trinajstić information content (AvgIpc) is 2.19. The molecule has 0 atom stereocenters. The van der Waals surface area contributed by atoms with E-state index in [9.17, 15) is 0 Å². The van der Waals surface area contributed by atoms with E-state index in [4.69, 9.17) is 5.26 Å². The van der Waals surface area contributed by atoms with Gasteiger partial charge in [-0.25, -0.2) is 0 Å². The van der Waals surface area contributed by atoms with Crippen LogP contribution in [-0.4, -0.2) is 0 Å². The molecule has 2 rings (SSSR count). The highest BCUT2D eigenvalue weighted by atomic mass is 14.3. The normalized spacial score (nSPS) is 18.0. The molecule has 0 saturated carbocycles. The maximum Gasteiger partial charge on any atom is 0.0994 e. The molecule has 1 nitrogen and oxygen atoms in total. The minimum atomic E-state index is 0.395. The summed E-state index contributed by atoms with van der Waals surface area (Å²) in [5.41, 5.74) is 5.30. The van der Waals surface area contributed by atoms with Crippen molar-refractivity contribution in [1.82, 2.24) is 0 Å². The highest BCUT2D eigenvalue weighted by Gasteiger charge is 2.26. The van der Waals surface area contributed by atoms with Crippen LogP contribution in [0.15, 0.2) is 12.1 Å². The Morgan fingerprint density at radius 2 is 2.07 bits per heavy atom. The summed E-state index contributed by atoms with van der Waals surface area (Å²) < 4.78 is 0. The number of rotatable bonds is 0. The fourth-order valence-corrected chi connectivity index (χ4v) is 2.45. The van der Waals surface area contributed by atoms with Gasteiger partial charge in [-0.1, -0.05) is 19.9 Å². The molecule has 0 saturated heterocycles. The fraction of sp³-hybridized carbons (Fsp3) is 0.500. The van der Waals surface area contributed by atoms with E-state index < -0.39 is 0 Å². The third-order valence-corrected chi connectivity index (χ3v) is 3.54. The lowest BCUT2D eigenvalue weighted by Gasteiger charge is -2.32. The zero-order valence-corrected chi connectivity index (χ0v) is 9.72. The molecule has 1 aromatic rings. The number of fused-ring (bicyclic) bond motifs is 1. The van der Waals surface area contributed by atoms with Crippen molar-refractivity contribution in [2.24, 2.45) is 5.41 Å². The summed E-state index contributed by atoms with van der Waals surface area (Å²) in [4.78, 5) is 0. The summed E-state index contributed by atoms with van der Waals surface area (Å²) in [5, 5.41) is 9.00. The van der Waals surface area contributed by atoms with Crippen molar-refractivity contribution >= 4 is 0 Å². The molecule has 0 unspecified atom stereocenters. The fourth-order valence-electron chi connectivity index (χ4n) is 2.45. The minimum absolute atomic E-state index is 0.395. The second-order valence-electron chi connectivity index (χ2n) is 5.33. The largest absolute Gasteiger partial charge is 0.192 e. The lowest BCUT2D eigenvalue weighted by Crippen LogP contribution is -2.23. The van der Waals surface area contributed by atoms with E-state index in [1.54, 1.807) is 0 Å². The van der Waals surface area contributed by atoms with Gasteiger partial charge in [-0.15, -0.1) is 0 Å². The standard InChI is InChI=1S/C14H17N/c1-10-12(9-15)5-4-11-6-7-14(2,3)8-13(10)11/h4-5H,6-8H2,1-3H3. The minimum Gasteiger partial charge on any atom is -0.192 e. The summed E-state index contributed by atoms with van der Waals surface area (Å²) in [6, 6.07) is 6.37. The number of benzene rings is 1. The molecule has 1 aliphatic rings. The second kappa shape index (κ2) is 3.38. The van der Waals surface area contributed by atoms with Gasteiger partial charge in [0.2, 0.25) is 0 Å². The molecule has 1 aliphatic carbocycles. The number of hydrogen-bond acceptors (Lipinski definition) is 1. The maximum absolute atomic E-state index is 9.00. The topological polar surface area (TPSA) is 23.8 Å². The zero-order chi connectivity index (χ0) is 11.1. The summed E-state index contributed by atoms with van der Waals surface area (Å²) in [6.07, 6.45) is 3.53. The molecule has 78 valence electrons. The smallest absolute Gasteiger partial charge is 0.0994 e. The van der Waals surface area contributed by atoms with Crippen LogP contribution in [0.3, 0.4) is 0 Å². The Hall–Kier alpha value is -1.29. The molecular weight excluding hydrogens is 182 g/mol. The highest BCUT2D eigenvalue weighted by molar-refractivity contribution is 5.47. The van der Waals surface area contributed by atoms with Crippen molar-refractivity contribution in [3.63, 3.8) is 0 Å². The van der Waals surface area contributed by atoms with E-state index in [1.807, 2.05) is 6.07 Å². The first-order valence-electron chi connectivity index (χ1n) is 5.55. The van der Waals surface area contributed by atoms with Gasteiger partial charge in [0.25, 0.3) is 0 Å².